The highest BCUT2D eigenvalue weighted by atomic mass is 79.9. The van der Waals surface area contributed by atoms with E-state index >= 15 is 0 Å². The van der Waals surface area contributed by atoms with Crippen LogP contribution >= 0.6 is 15.9 Å². The molecule has 1 N–H and O–H groups in total. The molecule has 0 atom stereocenters. The smallest absolute Gasteiger partial charge is 0.273 e. The Kier molecular flexibility index (Phi) is 5.66. The van der Waals surface area contributed by atoms with E-state index in [1.54, 1.807) is 0 Å². The Morgan fingerprint density at radius 1 is 1.25 bits per heavy atom. The Morgan fingerprint density at radius 3 is 2.67 bits per heavy atom. The van der Waals surface area contributed by atoms with Crippen molar-refractivity contribution in [3.05, 3.63) is 40.1 Å². The molecule has 0 unspecified atom stereocenters. The van der Waals surface area contributed by atoms with E-state index in [1.807, 2.05) is 28.9 Å². The van der Waals surface area contributed by atoms with Gasteiger partial charge in [0.15, 0.2) is 5.69 Å². The van der Waals surface area contributed by atoms with Gasteiger partial charge in [-0.1, -0.05) is 47.3 Å². The highest BCUT2D eigenvalue weighted by molar-refractivity contribution is 9.10. The summed E-state index contributed by atoms with van der Waals surface area (Å²) >= 11 is 3.44. The lowest BCUT2D eigenvalue weighted by Crippen LogP contribution is -2.26. The summed E-state index contributed by atoms with van der Waals surface area (Å²) in [6.45, 7) is 2.88. The van der Waals surface area contributed by atoms with Crippen LogP contribution < -0.4 is 5.32 Å². The van der Waals surface area contributed by atoms with Gasteiger partial charge in [0.2, 0.25) is 0 Å². The minimum absolute atomic E-state index is 0.100. The molecule has 128 valence electrons. The second-order valence-electron chi connectivity index (χ2n) is 6.30. The van der Waals surface area contributed by atoms with Gasteiger partial charge in [0.25, 0.3) is 5.91 Å². The van der Waals surface area contributed by atoms with E-state index in [4.69, 9.17) is 0 Å². The van der Waals surface area contributed by atoms with Crippen LogP contribution in [0.3, 0.4) is 0 Å². The molecule has 0 bridgehead atoms. The summed E-state index contributed by atoms with van der Waals surface area (Å²) in [5.74, 6) is 0.293. The fourth-order valence-corrected chi connectivity index (χ4v) is 3.05. The molecule has 0 aliphatic heterocycles. The van der Waals surface area contributed by atoms with Crippen molar-refractivity contribution in [2.24, 2.45) is 0 Å². The van der Waals surface area contributed by atoms with E-state index in [1.165, 1.54) is 12.8 Å². The number of aromatic nitrogens is 3. The zero-order valence-electron chi connectivity index (χ0n) is 14.0. The van der Waals surface area contributed by atoms with Gasteiger partial charge in [0, 0.05) is 16.9 Å². The Balaban J connectivity index is 1.74. The van der Waals surface area contributed by atoms with Gasteiger partial charge in [-0.15, -0.1) is 5.10 Å². The minimum atomic E-state index is -0.100. The Hall–Kier alpha value is -1.69. The van der Waals surface area contributed by atoms with Crippen LogP contribution in [0.4, 0.5) is 0 Å². The van der Waals surface area contributed by atoms with Crippen LogP contribution in [0.2, 0.25) is 0 Å². The van der Waals surface area contributed by atoms with Crippen molar-refractivity contribution >= 4 is 21.8 Å². The molecular weight excluding hydrogens is 368 g/mol. The van der Waals surface area contributed by atoms with Crippen molar-refractivity contribution in [1.82, 2.24) is 20.3 Å². The van der Waals surface area contributed by atoms with Crippen LogP contribution in [-0.4, -0.2) is 27.4 Å². The predicted octanol–water partition coefficient (Wildman–Crippen LogP) is 4.22. The first-order valence-corrected chi connectivity index (χ1v) is 9.49. The minimum Gasteiger partial charge on any atom is -0.351 e. The molecular formula is C18H23BrN4O. The lowest BCUT2D eigenvalue weighted by atomic mass is 10.2. The van der Waals surface area contributed by atoms with E-state index in [-0.39, 0.29) is 5.91 Å². The fraction of sp³-hybridized carbons (Fsp3) is 0.500. The molecule has 3 rings (SSSR count). The lowest BCUT2D eigenvalue weighted by molar-refractivity contribution is 0.0947. The first-order chi connectivity index (χ1) is 11.7. The first kappa shape index (κ1) is 17.1. The van der Waals surface area contributed by atoms with Gasteiger partial charge in [-0.25, -0.2) is 4.68 Å². The van der Waals surface area contributed by atoms with Crippen molar-refractivity contribution in [3.63, 3.8) is 0 Å². The molecule has 1 amide bonds. The summed E-state index contributed by atoms with van der Waals surface area (Å²) in [5, 5.41) is 11.4. The molecule has 0 saturated heterocycles. The topological polar surface area (TPSA) is 59.8 Å². The summed E-state index contributed by atoms with van der Waals surface area (Å²) in [5.41, 5.74) is 2.37. The summed E-state index contributed by atoms with van der Waals surface area (Å²) < 4.78 is 2.83. The molecule has 1 heterocycles. The molecule has 0 radical (unpaired) electrons. The third-order valence-corrected chi connectivity index (χ3v) is 4.80. The number of carbonyl (C=O) groups excluding carboxylic acids is 1. The number of nitrogens with zero attached hydrogens (tertiary/aromatic N) is 3. The normalized spacial score (nSPS) is 13.9. The molecule has 6 heteroatoms. The van der Waals surface area contributed by atoms with Crippen LogP contribution in [0.25, 0.3) is 5.69 Å². The van der Waals surface area contributed by atoms with Gasteiger partial charge >= 0.3 is 0 Å². The van der Waals surface area contributed by atoms with Gasteiger partial charge in [0.1, 0.15) is 0 Å². The van der Waals surface area contributed by atoms with Crippen LogP contribution in [0.1, 0.15) is 67.5 Å². The highest BCUT2D eigenvalue weighted by Crippen LogP contribution is 2.42. The number of rotatable bonds is 8. The second kappa shape index (κ2) is 7.92. The van der Waals surface area contributed by atoms with Crippen molar-refractivity contribution in [2.45, 2.75) is 51.4 Å². The van der Waals surface area contributed by atoms with Gasteiger partial charge in [-0.3, -0.25) is 4.79 Å². The number of amides is 1. The average molecular weight is 391 g/mol. The molecule has 24 heavy (non-hydrogen) atoms. The monoisotopic (exact) mass is 390 g/mol. The van der Waals surface area contributed by atoms with Crippen LogP contribution in [0.15, 0.2) is 28.7 Å². The zero-order valence-corrected chi connectivity index (χ0v) is 15.6. The van der Waals surface area contributed by atoms with E-state index in [0.717, 1.165) is 41.5 Å². The number of carbonyl (C=O) groups is 1. The summed E-state index contributed by atoms with van der Waals surface area (Å²) in [6.07, 6.45) is 6.77. The summed E-state index contributed by atoms with van der Waals surface area (Å²) in [7, 11) is 0. The molecule has 0 spiro atoms. The Labute approximate surface area is 151 Å². The number of halogens is 1. The molecule has 1 saturated carbocycles. The first-order valence-electron chi connectivity index (χ1n) is 8.70. The van der Waals surface area contributed by atoms with Crippen LogP contribution in [0, 0.1) is 0 Å². The van der Waals surface area contributed by atoms with Crippen molar-refractivity contribution in [3.8, 4) is 5.69 Å². The maximum absolute atomic E-state index is 12.5. The Bertz CT molecular complexity index is 692. The van der Waals surface area contributed by atoms with Gasteiger partial charge < -0.3 is 5.32 Å². The molecule has 2 aromatic rings. The van der Waals surface area contributed by atoms with E-state index in [9.17, 15) is 4.79 Å². The van der Waals surface area contributed by atoms with Crippen LogP contribution in [0.5, 0.6) is 0 Å². The van der Waals surface area contributed by atoms with Crippen LogP contribution in [-0.2, 0) is 0 Å². The number of benzene rings is 1. The SMILES string of the molecule is CCCCCCNC(=O)c1nnn(-c2ccc(Br)cc2)c1C1CC1. The standard InChI is InChI=1S/C18H23BrN4O/c1-2-3-4-5-12-20-18(24)16-17(13-6-7-13)23(22-21-16)15-10-8-14(19)9-11-15/h8-11,13H,2-7,12H2,1H3,(H,20,24). The third kappa shape index (κ3) is 4.04. The highest BCUT2D eigenvalue weighted by Gasteiger charge is 2.34. The van der Waals surface area contributed by atoms with Gasteiger partial charge in [-0.2, -0.15) is 0 Å². The number of hydrogen-bond donors (Lipinski definition) is 1. The molecule has 5 nitrogen and oxygen atoms in total. The maximum Gasteiger partial charge on any atom is 0.273 e. The van der Waals surface area contributed by atoms with E-state index in [2.05, 4.69) is 38.5 Å². The van der Waals surface area contributed by atoms with Gasteiger partial charge in [-0.05, 0) is 43.5 Å². The van der Waals surface area contributed by atoms with Crippen molar-refractivity contribution < 1.29 is 4.79 Å². The molecule has 1 aliphatic rings. The number of hydrogen-bond acceptors (Lipinski definition) is 3. The fourth-order valence-electron chi connectivity index (χ4n) is 2.78. The van der Waals surface area contributed by atoms with Gasteiger partial charge in [0.05, 0.1) is 11.4 Å². The predicted molar refractivity (Wildman–Crippen MR) is 97.5 cm³/mol. The third-order valence-electron chi connectivity index (χ3n) is 4.27. The quantitative estimate of drug-likeness (QED) is 0.686. The summed E-state index contributed by atoms with van der Waals surface area (Å²) in [4.78, 5) is 12.5. The molecule has 1 fully saturated rings. The van der Waals surface area contributed by atoms with Crippen molar-refractivity contribution in [2.75, 3.05) is 6.54 Å². The largest absolute Gasteiger partial charge is 0.351 e. The zero-order chi connectivity index (χ0) is 16.9. The number of unbranched alkanes of at least 4 members (excludes halogenated alkanes) is 3. The molecule has 1 aliphatic carbocycles. The average Bonchev–Trinajstić information content (AvgIpc) is 3.33. The summed E-state index contributed by atoms with van der Waals surface area (Å²) in [6, 6.07) is 7.91. The van der Waals surface area contributed by atoms with E-state index in [0.29, 0.717) is 18.2 Å². The second-order valence-corrected chi connectivity index (χ2v) is 7.22. The van der Waals surface area contributed by atoms with Crippen molar-refractivity contribution in [1.29, 1.82) is 0 Å². The maximum atomic E-state index is 12.5. The molecule has 1 aromatic carbocycles. The molecule has 1 aromatic heterocycles. The Morgan fingerprint density at radius 2 is 2.00 bits per heavy atom. The van der Waals surface area contributed by atoms with E-state index < -0.39 is 0 Å². The lowest BCUT2D eigenvalue weighted by Gasteiger charge is -2.08. The number of nitrogens with one attached hydrogen (secondary N) is 1.